The molecule has 4 rings (SSSR count). The quantitative estimate of drug-likeness (QED) is 0.316. The van der Waals surface area contributed by atoms with Gasteiger partial charge in [-0.05, 0) is 56.7 Å². The minimum absolute atomic E-state index is 0.201. The highest BCUT2D eigenvalue weighted by Gasteiger charge is 2.44. The van der Waals surface area contributed by atoms with Crippen molar-refractivity contribution in [2.24, 2.45) is 5.73 Å². The maximum Gasteiger partial charge on any atom is 0.277 e. The first-order valence-electron chi connectivity index (χ1n) is 12.4. The number of hydrogen-bond donors (Lipinski definition) is 1. The van der Waals surface area contributed by atoms with Gasteiger partial charge in [-0.3, -0.25) is 14.4 Å². The molecule has 1 fully saturated rings. The molecule has 1 amide bonds. The monoisotopic (exact) mass is 494 g/mol. The Hall–Kier alpha value is -2.64. The number of aldehydes is 1. The van der Waals surface area contributed by atoms with Crippen LogP contribution in [-0.4, -0.2) is 33.6 Å². The Morgan fingerprint density at radius 3 is 2.54 bits per heavy atom. The smallest absolute Gasteiger partial charge is 0.277 e. The van der Waals surface area contributed by atoms with Crippen molar-refractivity contribution in [3.63, 3.8) is 0 Å². The van der Waals surface area contributed by atoms with Gasteiger partial charge in [0, 0.05) is 17.5 Å². The Balaban J connectivity index is 0.000000363. The number of hydrogen-bond acceptors (Lipinski definition) is 5. The number of allylic oxidation sites excluding steroid dienone is 2. The van der Waals surface area contributed by atoms with Crippen molar-refractivity contribution in [1.29, 1.82) is 0 Å². The van der Waals surface area contributed by atoms with Crippen LogP contribution in [0.1, 0.15) is 72.8 Å². The molecule has 2 aliphatic rings. The van der Waals surface area contributed by atoms with Crippen molar-refractivity contribution in [2.75, 3.05) is 4.90 Å². The number of aryl methyl sites for hydroxylation is 2. The maximum atomic E-state index is 13.3. The predicted octanol–water partition coefficient (Wildman–Crippen LogP) is 5.72. The van der Waals surface area contributed by atoms with E-state index in [9.17, 15) is 9.59 Å². The van der Waals surface area contributed by atoms with Gasteiger partial charge in [-0.1, -0.05) is 62.1 Å². The molecule has 6 nitrogen and oxygen atoms in total. The zero-order chi connectivity index (χ0) is 25.4. The van der Waals surface area contributed by atoms with Gasteiger partial charge in [0.25, 0.3) is 5.91 Å². The van der Waals surface area contributed by atoms with E-state index in [-0.39, 0.29) is 5.91 Å². The number of fused-ring (bicyclic) bond motifs is 1. The van der Waals surface area contributed by atoms with Crippen LogP contribution in [0.2, 0.25) is 0 Å². The summed E-state index contributed by atoms with van der Waals surface area (Å²) in [5, 5.41) is 6.47. The normalized spacial score (nSPS) is 20.7. The fraction of sp³-hybridized carbons (Fsp3) is 0.464. The molecule has 1 aliphatic carbocycles. The molecule has 0 radical (unpaired) electrons. The molecular weight excluding hydrogens is 456 g/mol. The number of aromatic nitrogens is 2. The van der Waals surface area contributed by atoms with Gasteiger partial charge in [0.15, 0.2) is 0 Å². The number of carbonyl (C=O) groups is 2. The molecule has 188 valence electrons. The number of rotatable bonds is 6. The second kappa shape index (κ2) is 12.4. The van der Waals surface area contributed by atoms with Crippen LogP contribution in [0.15, 0.2) is 48.4 Å². The molecule has 1 aromatic carbocycles. The topological polar surface area (TPSA) is 81.2 Å². The van der Waals surface area contributed by atoms with Crippen LogP contribution >= 0.6 is 11.8 Å². The maximum absolute atomic E-state index is 13.3. The summed E-state index contributed by atoms with van der Waals surface area (Å²) in [6, 6.07) is 8.23. The number of carbonyl (C=O) groups excluding carboxylic acids is 2. The molecule has 0 spiro atoms. The van der Waals surface area contributed by atoms with E-state index in [1.807, 2.05) is 49.6 Å². The summed E-state index contributed by atoms with van der Waals surface area (Å²) in [6.45, 7) is 9.72. The average molecular weight is 495 g/mol. The van der Waals surface area contributed by atoms with Gasteiger partial charge in [-0.25, -0.2) is 0 Å². The van der Waals surface area contributed by atoms with Gasteiger partial charge in [0.05, 0.1) is 12.2 Å². The van der Waals surface area contributed by atoms with Crippen molar-refractivity contribution in [2.45, 2.75) is 83.2 Å². The van der Waals surface area contributed by atoms with E-state index < -0.39 is 5.54 Å². The van der Waals surface area contributed by atoms with Crippen LogP contribution in [0.25, 0.3) is 0 Å². The summed E-state index contributed by atoms with van der Waals surface area (Å²) in [4.78, 5) is 26.9. The van der Waals surface area contributed by atoms with Crippen molar-refractivity contribution in [3.05, 3.63) is 70.9 Å². The zero-order valence-corrected chi connectivity index (χ0v) is 22.0. The van der Waals surface area contributed by atoms with Crippen LogP contribution in [0, 0.1) is 13.8 Å². The lowest BCUT2D eigenvalue weighted by molar-refractivity contribution is -0.112. The summed E-state index contributed by atoms with van der Waals surface area (Å²) in [5.74, 6) is 0.451. The molecule has 1 atom stereocenters. The Kier molecular flexibility index (Phi) is 9.52. The summed E-state index contributed by atoms with van der Waals surface area (Å²) in [5.41, 5.74) is 8.92. The standard InChI is InChI=1S/C21H23N3O2S.C7H15N/c1-5-6-9-27-12-17-11-19-20(26)24(18-8-7-15(2)10-16(18)3)21(4,14-25)13-23(19)22-17;8-7-5-3-1-2-4-6-7/h5-11,14H,1,12-13H2,2-4H3;7H,1-6,8H2/b9-6-;. The molecule has 1 aliphatic heterocycles. The number of nitrogens with zero attached hydrogens (tertiary/aromatic N) is 3. The minimum Gasteiger partial charge on any atom is -0.328 e. The summed E-state index contributed by atoms with van der Waals surface area (Å²) in [7, 11) is 0. The Morgan fingerprint density at radius 2 is 1.91 bits per heavy atom. The van der Waals surface area contributed by atoms with Crippen LogP contribution in [0.5, 0.6) is 0 Å². The second-order valence-electron chi connectivity index (χ2n) is 9.71. The summed E-state index contributed by atoms with van der Waals surface area (Å²) in [6.07, 6.45) is 12.5. The van der Waals surface area contributed by atoms with Crippen molar-refractivity contribution in [3.8, 4) is 0 Å². The fourth-order valence-electron chi connectivity index (χ4n) is 4.64. The fourth-order valence-corrected chi connectivity index (χ4v) is 5.27. The highest BCUT2D eigenvalue weighted by Crippen LogP contribution is 2.34. The predicted molar refractivity (Wildman–Crippen MR) is 146 cm³/mol. The third kappa shape index (κ3) is 6.73. The lowest BCUT2D eigenvalue weighted by atomic mass is 9.95. The molecule has 2 aromatic rings. The molecule has 1 saturated carbocycles. The molecule has 7 heteroatoms. The molecule has 0 saturated heterocycles. The molecule has 2 N–H and O–H groups in total. The first-order valence-corrected chi connectivity index (χ1v) is 13.4. The lowest BCUT2D eigenvalue weighted by Gasteiger charge is -2.41. The van der Waals surface area contributed by atoms with Crippen LogP contribution in [0.3, 0.4) is 0 Å². The number of benzene rings is 1. The molecule has 2 heterocycles. The first kappa shape index (κ1) is 27.0. The van der Waals surface area contributed by atoms with Gasteiger partial charge in [0.2, 0.25) is 0 Å². The molecule has 0 bridgehead atoms. The van der Waals surface area contributed by atoms with E-state index in [4.69, 9.17) is 5.73 Å². The molecule has 35 heavy (non-hydrogen) atoms. The van der Waals surface area contributed by atoms with Crippen molar-refractivity contribution in [1.82, 2.24) is 9.78 Å². The molecular formula is C28H38N4O2S. The largest absolute Gasteiger partial charge is 0.328 e. The van der Waals surface area contributed by atoms with E-state index >= 15 is 0 Å². The van der Waals surface area contributed by atoms with Crippen molar-refractivity contribution < 1.29 is 9.59 Å². The third-order valence-electron chi connectivity index (χ3n) is 6.52. The van der Waals surface area contributed by atoms with E-state index in [2.05, 4.69) is 11.7 Å². The van der Waals surface area contributed by atoms with E-state index in [0.717, 1.165) is 28.8 Å². The number of anilines is 1. The van der Waals surface area contributed by atoms with Crippen LogP contribution in [-0.2, 0) is 17.1 Å². The Bertz CT molecular complexity index is 1070. The van der Waals surface area contributed by atoms with E-state index in [1.54, 1.807) is 34.3 Å². The minimum atomic E-state index is -0.983. The van der Waals surface area contributed by atoms with Gasteiger partial charge in [-0.15, -0.1) is 11.8 Å². The average Bonchev–Trinajstić information content (AvgIpc) is 3.07. The number of amides is 1. The summed E-state index contributed by atoms with van der Waals surface area (Å²) >= 11 is 1.58. The molecule has 1 unspecified atom stereocenters. The highest BCUT2D eigenvalue weighted by molar-refractivity contribution is 8.01. The van der Waals surface area contributed by atoms with Crippen LogP contribution in [0.4, 0.5) is 5.69 Å². The van der Waals surface area contributed by atoms with Gasteiger partial charge >= 0.3 is 0 Å². The SMILES string of the molecule is C=C/C=C\SCc1cc2n(n1)CC(C)(C=O)N(c1ccc(C)cc1C)C2=O.NC1CCCCCC1. The second-order valence-corrected chi connectivity index (χ2v) is 10.6. The third-order valence-corrected chi connectivity index (χ3v) is 7.33. The van der Waals surface area contributed by atoms with Gasteiger partial charge in [0.1, 0.15) is 17.5 Å². The molecule has 1 aromatic heterocycles. The Labute approximate surface area is 213 Å². The van der Waals surface area contributed by atoms with E-state index in [0.29, 0.717) is 24.0 Å². The van der Waals surface area contributed by atoms with Crippen molar-refractivity contribution >= 4 is 29.6 Å². The van der Waals surface area contributed by atoms with Gasteiger partial charge < -0.3 is 10.5 Å². The van der Waals surface area contributed by atoms with Crippen LogP contribution < -0.4 is 10.6 Å². The first-order chi connectivity index (χ1) is 16.8. The lowest BCUT2D eigenvalue weighted by Crippen LogP contribution is -2.58. The summed E-state index contributed by atoms with van der Waals surface area (Å²) < 4.78 is 1.66. The zero-order valence-electron chi connectivity index (χ0n) is 21.2. The number of nitrogens with two attached hydrogens (primary N) is 1. The van der Waals surface area contributed by atoms with E-state index in [1.165, 1.54) is 38.5 Å². The van der Waals surface area contributed by atoms with Gasteiger partial charge in [-0.2, -0.15) is 5.10 Å². The number of thioether (sulfide) groups is 1. The Morgan fingerprint density at radius 1 is 1.20 bits per heavy atom. The highest BCUT2D eigenvalue weighted by atomic mass is 32.2.